The van der Waals surface area contributed by atoms with Gasteiger partial charge in [-0.2, -0.15) is 9.40 Å². The fraction of sp³-hybridized carbons (Fsp3) is 0.250. The van der Waals surface area contributed by atoms with E-state index < -0.39 is 10.0 Å². The third kappa shape index (κ3) is 3.12. The number of hydrogen-bond acceptors (Lipinski definition) is 4. The molecule has 8 heteroatoms. The standard InChI is InChI=1S/C12H14ClN3O2S2/c1-3-6-16(8-10-4-5-12(13)19-10)20(17,18)11-7-14-15-9(11)2/h3-5,7H,1,6,8H2,2H3,(H,14,15). The van der Waals surface area contributed by atoms with Gasteiger partial charge in [-0.05, 0) is 19.1 Å². The molecule has 5 nitrogen and oxygen atoms in total. The predicted molar refractivity (Wildman–Crippen MR) is 80.4 cm³/mol. The van der Waals surface area contributed by atoms with Crippen LogP contribution in [0, 0.1) is 6.92 Å². The minimum atomic E-state index is -3.61. The Morgan fingerprint density at radius 2 is 2.30 bits per heavy atom. The quantitative estimate of drug-likeness (QED) is 0.828. The number of aryl methyl sites for hydroxylation is 1. The molecule has 0 aliphatic carbocycles. The van der Waals surface area contributed by atoms with E-state index in [0.29, 0.717) is 10.0 Å². The van der Waals surface area contributed by atoms with Gasteiger partial charge in [0.15, 0.2) is 0 Å². The molecule has 0 saturated heterocycles. The van der Waals surface area contributed by atoms with Crippen molar-refractivity contribution < 1.29 is 8.42 Å². The van der Waals surface area contributed by atoms with Crippen LogP contribution in [0.5, 0.6) is 0 Å². The highest BCUT2D eigenvalue weighted by Gasteiger charge is 2.27. The minimum absolute atomic E-state index is 0.182. The lowest BCUT2D eigenvalue weighted by Gasteiger charge is -2.19. The summed E-state index contributed by atoms with van der Waals surface area (Å²) in [6.07, 6.45) is 2.88. The van der Waals surface area contributed by atoms with Crippen molar-refractivity contribution in [2.75, 3.05) is 6.54 Å². The first-order valence-electron chi connectivity index (χ1n) is 5.80. The number of aromatic amines is 1. The minimum Gasteiger partial charge on any atom is -0.281 e. The van der Waals surface area contributed by atoms with Crippen LogP contribution >= 0.6 is 22.9 Å². The summed E-state index contributed by atoms with van der Waals surface area (Å²) in [5.74, 6) is 0. The van der Waals surface area contributed by atoms with E-state index >= 15 is 0 Å². The molecule has 2 aromatic heterocycles. The van der Waals surface area contributed by atoms with Crippen LogP contribution < -0.4 is 0 Å². The van der Waals surface area contributed by atoms with Gasteiger partial charge in [0.1, 0.15) is 4.90 Å². The number of nitrogens with one attached hydrogen (secondary N) is 1. The average Bonchev–Trinajstić information content (AvgIpc) is 2.98. The molecule has 0 saturated carbocycles. The second-order valence-electron chi connectivity index (χ2n) is 4.15. The predicted octanol–water partition coefficient (Wildman–Crippen LogP) is 2.81. The number of halogens is 1. The Labute approximate surface area is 126 Å². The molecule has 0 unspecified atom stereocenters. The van der Waals surface area contributed by atoms with Crippen LogP contribution in [0.1, 0.15) is 10.6 Å². The number of rotatable bonds is 6. The smallest absolute Gasteiger partial charge is 0.247 e. The molecule has 2 aromatic rings. The molecular weight excluding hydrogens is 318 g/mol. The molecule has 108 valence electrons. The summed E-state index contributed by atoms with van der Waals surface area (Å²) in [7, 11) is -3.61. The van der Waals surface area contributed by atoms with Gasteiger partial charge in [-0.15, -0.1) is 17.9 Å². The molecule has 0 amide bonds. The zero-order valence-electron chi connectivity index (χ0n) is 10.8. The third-order valence-electron chi connectivity index (χ3n) is 2.70. The molecule has 20 heavy (non-hydrogen) atoms. The topological polar surface area (TPSA) is 66.1 Å². The number of sulfonamides is 1. The van der Waals surface area contributed by atoms with E-state index in [2.05, 4.69) is 16.8 Å². The number of hydrogen-bond donors (Lipinski definition) is 1. The highest BCUT2D eigenvalue weighted by atomic mass is 35.5. The zero-order chi connectivity index (χ0) is 14.8. The van der Waals surface area contributed by atoms with Crippen molar-refractivity contribution in [1.82, 2.24) is 14.5 Å². The Morgan fingerprint density at radius 3 is 2.80 bits per heavy atom. The van der Waals surface area contributed by atoms with Crippen LogP contribution in [-0.2, 0) is 16.6 Å². The normalized spacial score (nSPS) is 11.9. The molecular formula is C12H14ClN3O2S2. The second kappa shape index (κ2) is 6.09. The van der Waals surface area contributed by atoms with Crippen LogP contribution in [0.15, 0.2) is 35.9 Å². The molecule has 0 aliphatic rings. The van der Waals surface area contributed by atoms with Crippen molar-refractivity contribution in [2.45, 2.75) is 18.4 Å². The number of nitrogens with zero attached hydrogens (tertiary/aromatic N) is 2. The number of aromatic nitrogens is 2. The van der Waals surface area contributed by atoms with Crippen molar-refractivity contribution in [2.24, 2.45) is 0 Å². The lowest BCUT2D eigenvalue weighted by Crippen LogP contribution is -2.30. The van der Waals surface area contributed by atoms with E-state index in [1.54, 1.807) is 19.1 Å². The largest absolute Gasteiger partial charge is 0.281 e. The third-order valence-corrected chi connectivity index (χ3v) is 5.84. The monoisotopic (exact) mass is 331 g/mol. The summed E-state index contributed by atoms with van der Waals surface area (Å²) in [6.45, 7) is 5.77. The van der Waals surface area contributed by atoms with Crippen molar-refractivity contribution in [3.63, 3.8) is 0 Å². The van der Waals surface area contributed by atoms with E-state index in [-0.39, 0.29) is 18.0 Å². The van der Waals surface area contributed by atoms with Crippen LogP contribution in [0.3, 0.4) is 0 Å². The lowest BCUT2D eigenvalue weighted by molar-refractivity contribution is 0.441. The highest BCUT2D eigenvalue weighted by Crippen LogP contribution is 2.25. The maximum Gasteiger partial charge on any atom is 0.247 e. The molecule has 0 atom stereocenters. The van der Waals surface area contributed by atoms with E-state index in [9.17, 15) is 8.42 Å². The summed E-state index contributed by atoms with van der Waals surface area (Å²) in [4.78, 5) is 1.06. The molecule has 2 heterocycles. The van der Waals surface area contributed by atoms with E-state index in [4.69, 9.17) is 11.6 Å². The summed E-state index contributed by atoms with van der Waals surface area (Å²) in [5, 5.41) is 6.41. The molecule has 1 N–H and O–H groups in total. The fourth-order valence-corrected chi connectivity index (χ4v) is 4.43. The highest BCUT2D eigenvalue weighted by molar-refractivity contribution is 7.89. The van der Waals surface area contributed by atoms with E-state index in [1.807, 2.05) is 6.07 Å². The van der Waals surface area contributed by atoms with Crippen molar-refractivity contribution in [3.05, 3.63) is 45.9 Å². The van der Waals surface area contributed by atoms with E-state index in [0.717, 1.165) is 4.88 Å². The van der Waals surface area contributed by atoms with Gasteiger partial charge in [0.2, 0.25) is 10.0 Å². The maximum atomic E-state index is 12.6. The zero-order valence-corrected chi connectivity index (χ0v) is 13.2. The SMILES string of the molecule is C=CCN(Cc1ccc(Cl)s1)S(=O)(=O)c1cn[nH]c1C. The first-order chi connectivity index (χ1) is 9.45. The van der Waals surface area contributed by atoms with Crippen molar-refractivity contribution >= 4 is 33.0 Å². The number of thiophene rings is 1. The van der Waals surface area contributed by atoms with Crippen molar-refractivity contribution in [3.8, 4) is 0 Å². The molecule has 0 bridgehead atoms. The number of H-pyrrole nitrogens is 1. The summed E-state index contributed by atoms with van der Waals surface area (Å²) in [6, 6.07) is 3.57. The Bertz CT molecular complexity index is 706. The van der Waals surface area contributed by atoms with E-state index in [1.165, 1.54) is 21.8 Å². The molecule has 0 radical (unpaired) electrons. The van der Waals surface area contributed by atoms with Gasteiger partial charge in [0, 0.05) is 18.0 Å². The summed E-state index contributed by atoms with van der Waals surface area (Å²) < 4.78 is 27.2. The second-order valence-corrected chi connectivity index (χ2v) is 7.86. The molecule has 0 aromatic carbocycles. The van der Waals surface area contributed by atoms with Gasteiger partial charge in [-0.25, -0.2) is 8.42 Å². The maximum absolute atomic E-state index is 12.6. The fourth-order valence-electron chi connectivity index (χ4n) is 1.74. The molecule has 0 fully saturated rings. The van der Waals surface area contributed by atoms with Gasteiger partial charge in [-0.3, -0.25) is 5.10 Å². The molecule has 0 aliphatic heterocycles. The van der Waals surface area contributed by atoms with Gasteiger partial charge >= 0.3 is 0 Å². The average molecular weight is 332 g/mol. The van der Waals surface area contributed by atoms with Crippen molar-refractivity contribution in [1.29, 1.82) is 0 Å². The van der Waals surface area contributed by atoms with Gasteiger partial charge in [-0.1, -0.05) is 17.7 Å². The van der Waals surface area contributed by atoms with Gasteiger partial charge < -0.3 is 0 Å². The Kier molecular flexibility index (Phi) is 4.64. The van der Waals surface area contributed by atoms with Crippen LogP contribution in [0.2, 0.25) is 4.34 Å². The Balaban J connectivity index is 2.33. The van der Waals surface area contributed by atoms with Crippen LogP contribution in [-0.4, -0.2) is 29.5 Å². The Hall–Kier alpha value is -1.15. The molecule has 2 rings (SSSR count). The first kappa shape index (κ1) is 15.2. The lowest BCUT2D eigenvalue weighted by atomic mass is 10.4. The summed E-state index contributed by atoms with van der Waals surface area (Å²) >= 11 is 7.24. The van der Waals surface area contributed by atoms with Crippen LogP contribution in [0.25, 0.3) is 0 Å². The van der Waals surface area contributed by atoms with Gasteiger partial charge in [0.25, 0.3) is 0 Å². The Morgan fingerprint density at radius 1 is 1.55 bits per heavy atom. The van der Waals surface area contributed by atoms with Crippen LogP contribution in [0.4, 0.5) is 0 Å². The summed E-state index contributed by atoms with van der Waals surface area (Å²) in [5.41, 5.74) is 0.517. The molecule has 0 spiro atoms. The van der Waals surface area contributed by atoms with Gasteiger partial charge in [0.05, 0.1) is 16.2 Å². The first-order valence-corrected chi connectivity index (χ1v) is 8.44.